The van der Waals surface area contributed by atoms with Crippen LogP contribution in [0, 0.1) is 0 Å². The Morgan fingerprint density at radius 1 is 1.25 bits per heavy atom. The number of pyridine rings is 1. The Bertz CT molecular complexity index is 906. The summed E-state index contributed by atoms with van der Waals surface area (Å²) in [7, 11) is 0. The molecule has 0 radical (unpaired) electrons. The second-order valence-electron chi connectivity index (χ2n) is 5.59. The van der Waals surface area contributed by atoms with E-state index >= 15 is 0 Å². The van der Waals surface area contributed by atoms with Crippen molar-refractivity contribution in [3.63, 3.8) is 0 Å². The lowest BCUT2D eigenvalue weighted by molar-refractivity contribution is 0.285. The third-order valence-corrected chi connectivity index (χ3v) is 4.94. The average Bonchev–Trinajstić information content (AvgIpc) is 3.26. The summed E-state index contributed by atoms with van der Waals surface area (Å²) in [5, 5.41) is 16.1. The lowest BCUT2D eigenvalue weighted by atomic mass is 10.3. The Hall–Kier alpha value is -2.16. The van der Waals surface area contributed by atoms with Crippen LogP contribution in [0.2, 0.25) is 0 Å². The van der Waals surface area contributed by atoms with Gasteiger partial charge in [0.2, 0.25) is 0 Å². The molecule has 0 aliphatic heterocycles. The highest BCUT2D eigenvalue weighted by Gasteiger charge is 2.21. The molecular weight excluding hydrogens is 342 g/mol. The first-order chi connectivity index (χ1) is 11.7. The van der Waals surface area contributed by atoms with Gasteiger partial charge in [-0.3, -0.25) is 4.98 Å². The maximum absolute atomic E-state index is 9.19. The lowest BCUT2D eigenvalue weighted by Crippen LogP contribution is -2.30. The molecule has 4 rings (SSSR count). The summed E-state index contributed by atoms with van der Waals surface area (Å²) in [5.41, 5.74) is 2.03. The normalized spacial score (nSPS) is 13.9. The molecule has 1 aliphatic carbocycles. The summed E-state index contributed by atoms with van der Waals surface area (Å²) in [6.45, 7) is 0.0312. The molecule has 1 fully saturated rings. The van der Waals surface area contributed by atoms with Gasteiger partial charge in [-0.05, 0) is 49.3 Å². The molecule has 8 heteroatoms. The van der Waals surface area contributed by atoms with Crippen molar-refractivity contribution in [1.82, 2.24) is 20.3 Å². The van der Waals surface area contributed by atoms with Gasteiger partial charge in [-0.1, -0.05) is 0 Å². The number of fused-ring (bicyclic) bond motifs is 1. The molecule has 0 atom stereocenters. The highest BCUT2D eigenvalue weighted by Crippen LogP contribution is 2.27. The molecule has 122 valence electrons. The van der Waals surface area contributed by atoms with Crippen molar-refractivity contribution >= 4 is 45.6 Å². The number of nitrogens with zero attached hydrogens (tertiary/aromatic N) is 3. The van der Waals surface area contributed by atoms with Gasteiger partial charge < -0.3 is 15.7 Å². The van der Waals surface area contributed by atoms with Crippen molar-refractivity contribution in [3.8, 4) is 10.6 Å². The summed E-state index contributed by atoms with van der Waals surface area (Å²) < 4.78 is 0. The summed E-state index contributed by atoms with van der Waals surface area (Å²) >= 11 is 6.77. The second-order valence-corrected chi connectivity index (χ2v) is 7.17. The van der Waals surface area contributed by atoms with E-state index in [0.717, 1.165) is 21.0 Å². The van der Waals surface area contributed by atoms with Crippen molar-refractivity contribution in [1.29, 1.82) is 0 Å². The molecule has 3 aromatic heterocycles. The van der Waals surface area contributed by atoms with Crippen molar-refractivity contribution in [2.24, 2.45) is 0 Å². The van der Waals surface area contributed by atoms with Gasteiger partial charge in [0.05, 0.1) is 17.7 Å². The number of aliphatic hydroxyl groups excluding tert-OH is 1. The SMILES string of the molecule is OCc1ccc(-c2cnc3ccc(NC(=S)NC4CC4)nc3n2)s1. The summed E-state index contributed by atoms with van der Waals surface area (Å²) in [6, 6.07) is 8.03. The molecule has 0 aromatic carbocycles. The maximum atomic E-state index is 9.19. The van der Waals surface area contributed by atoms with E-state index in [1.807, 2.05) is 24.3 Å². The quantitative estimate of drug-likeness (QED) is 0.619. The minimum atomic E-state index is 0.0312. The standard InChI is InChI=1S/C16H15N5OS2/c22-8-10-3-5-13(24-10)12-7-17-11-4-6-14(20-15(11)19-12)21-16(23)18-9-1-2-9/h3-7,9,22H,1-2,8H2,(H2,18,19,20,21,23). The van der Waals surface area contributed by atoms with Crippen LogP contribution in [-0.4, -0.2) is 31.2 Å². The fourth-order valence-corrected chi connectivity index (χ4v) is 3.35. The van der Waals surface area contributed by atoms with Crippen molar-refractivity contribution in [3.05, 3.63) is 35.3 Å². The Balaban J connectivity index is 1.60. The van der Waals surface area contributed by atoms with Gasteiger partial charge in [0.15, 0.2) is 10.8 Å². The van der Waals surface area contributed by atoms with Gasteiger partial charge in [0, 0.05) is 10.9 Å². The predicted octanol–water partition coefficient (Wildman–Crippen LogP) is 2.69. The smallest absolute Gasteiger partial charge is 0.180 e. The summed E-state index contributed by atoms with van der Waals surface area (Å²) in [4.78, 5) is 15.4. The molecule has 24 heavy (non-hydrogen) atoms. The van der Waals surface area contributed by atoms with Crippen LogP contribution in [0.25, 0.3) is 21.7 Å². The first kappa shape index (κ1) is 15.4. The molecule has 1 saturated carbocycles. The first-order valence-corrected chi connectivity index (χ1v) is 8.85. The number of rotatable bonds is 4. The van der Waals surface area contributed by atoms with Crippen LogP contribution in [0.5, 0.6) is 0 Å². The Labute approximate surface area is 148 Å². The summed E-state index contributed by atoms with van der Waals surface area (Å²) in [6.07, 6.45) is 4.06. The number of thiocarbonyl (C=S) groups is 1. The van der Waals surface area contributed by atoms with Crippen molar-refractivity contribution in [2.75, 3.05) is 5.32 Å². The van der Waals surface area contributed by atoms with E-state index in [4.69, 9.17) is 12.2 Å². The molecule has 0 spiro atoms. The number of nitrogens with one attached hydrogen (secondary N) is 2. The van der Waals surface area contributed by atoms with Crippen LogP contribution in [0.3, 0.4) is 0 Å². The minimum Gasteiger partial charge on any atom is -0.391 e. The average molecular weight is 357 g/mol. The highest BCUT2D eigenvalue weighted by molar-refractivity contribution is 7.80. The molecule has 0 saturated heterocycles. The molecular formula is C16H15N5OS2. The molecule has 0 bridgehead atoms. The van der Waals surface area contributed by atoms with Gasteiger partial charge in [-0.15, -0.1) is 11.3 Å². The van der Waals surface area contributed by atoms with Gasteiger partial charge in [-0.2, -0.15) is 0 Å². The fraction of sp³-hybridized carbons (Fsp3) is 0.250. The van der Waals surface area contributed by atoms with Gasteiger partial charge in [0.25, 0.3) is 0 Å². The van der Waals surface area contributed by atoms with Crippen LogP contribution >= 0.6 is 23.6 Å². The summed E-state index contributed by atoms with van der Waals surface area (Å²) in [5.74, 6) is 0.648. The zero-order valence-electron chi connectivity index (χ0n) is 12.7. The molecule has 3 N–H and O–H groups in total. The predicted molar refractivity (Wildman–Crippen MR) is 98.9 cm³/mol. The van der Waals surface area contributed by atoms with E-state index in [0.29, 0.717) is 22.6 Å². The van der Waals surface area contributed by atoms with E-state index in [1.165, 1.54) is 24.2 Å². The van der Waals surface area contributed by atoms with E-state index in [9.17, 15) is 5.11 Å². The van der Waals surface area contributed by atoms with Crippen LogP contribution in [0.15, 0.2) is 30.5 Å². The van der Waals surface area contributed by atoms with E-state index in [1.54, 1.807) is 6.20 Å². The van der Waals surface area contributed by atoms with Crippen LogP contribution < -0.4 is 10.6 Å². The Morgan fingerprint density at radius 3 is 2.88 bits per heavy atom. The van der Waals surface area contributed by atoms with Crippen LogP contribution in [0.1, 0.15) is 17.7 Å². The van der Waals surface area contributed by atoms with E-state index in [-0.39, 0.29) is 6.61 Å². The first-order valence-electron chi connectivity index (χ1n) is 7.62. The molecule has 3 aromatic rings. The third kappa shape index (κ3) is 3.35. The topological polar surface area (TPSA) is 83.0 Å². The monoisotopic (exact) mass is 357 g/mol. The number of hydrogen-bond donors (Lipinski definition) is 3. The lowest BCUT2D eigenvalue weighted by Gasteiger charge is -2.09. The zero-order chi connectivity index (χ0) is 16.5. The highest BCUT2D eigenvalue weighted by atomic mass is 32.1. The number of aliphatic hydroxyl groups is 1. The van der Waals surface area contributed by atoms with Gasteiger partial charge >= 0.3 is 0 Å². The third-order valence-electron chi connectivity index (χ3n) is 3.63. The number of thiophene rings is 1. The molecule has 0 unspecified atom stereocenters. The second kappa shape index (κ2) is 6.39. The molecule has 1 aliphatic rings. The fourth-order valence-electron chi connectivity index (χ4n) is 2.25. The van der Waals surface area contributed by atoms with Crippen LogP contribution in [-0.2, 0) is 6.61 Å². The van der Waals surface area contributed by atoms with Crippen LogP contribution in [0.4, 0.5) is 5.82 Å². The minimum absolute atomic E-state index is 0.0312. The Morgan fingerprint density at radius 2 is 2.12 bits per heavy atom. The molecule has 3 heterocycles. The van der Waals surface area contributed by atoms with Crippen molar-refractivity contribution in [2.45, 2.75) is 25.5 Å². The molecule has 0 amide bonds. The van der Waals surface area contributed by atoms with E-state index in [2.05, 4.69) is 25.6 Å². The van der Waals surface area contributed by atoms with Crippen molar-refractivity contribution < 1.29 is 5.11 Å². The molecule has 6 nitrogen and oxygen atoms in total. The largest absolute Gasteiger partial charge is 0.391 e. The van der Waals surface area contributed by atoms with Gasteiger partial charge in [-0.25, -0.2) is 9.97 Å². The Kier molecular flexibility index (Phi) is 4.09. The van der Waals surface area contributed by atoms with E-state index < -0.39 is 0 Å². The zero-order valence-corrected chi connectivity index (χ0v) is 14.3. The maximum Gasteiger partial charge on any atom is 0.180 e. The van der Waals surface area contributed by atoms with Gasteiger partial charge in [0.1, 0.15) is 17.0 Å². The number of aromatic nitrogens is 3. The number of hydrogen-bond acceptors (Lipinski definition) is 6. The number of anilines is 1.